The first-order valence-electron chi connectivity index (χ1n) is 6.45. The van der Waals surface area contributed by atoms with E-state index in [1.54, 1.807) is 11.3 Å². The van der Waals surface area contributed by atoms with Crippen molar-refractivity contribution >= 4 is 17.2 Å². The Bertz CT molecular complexity index is 418. The molecule has 0 bridgehead atoms. The van der Waals surface area contributed by atoms with E-state index in [0.29, 0.717) is 6.54 Å². The molecule has 1 amide bonds. The molecule has 2 atom stereocenters. The van der Waals surface area contributed by atoms with E-state index in [1.807, 2.05) is 0 Å². The number of carbonyl (C=O) groups is 1. The summed E-state index contributed by atoms with van der Waals surface area (Å²) >= 11 is 1.75. The van der Waals surface area contributed by atoms with Crippen molar-refractivity contribution in [2.24, 2.45) is 11.5 Å². The lowest BCUT2D eigenvalue weighted by Crippen LogP contribution is -2.50. The van der Waals surface area contributed by atoms with Gasteiger partial charge in [-0.2, -0.15) is 0 Å². The van der Waals surface area contributed by atoms with E-state index in [9.17, 15) is 4.79 Å². The van der Waals surface area contributed by atoms with Crippen LogP contribution in [0.15, 0.2) is 12.1 Å². The summed E-state index contributed by atoms with van der Waals surface area (Å²) in [6.45, 7) is 3.53. The van der Waals surface area contributed by atoms with Gasteiger partial charge in [0.05, 0.1) is 12.1 Å². The Labute approximate surface area is 112 Å². The Kier molecular flexibility index (Phi) is 4.37. The van der Waals surface area contributed by atoms with Gasteiger partial charge in [0.1, 0.15) is 0 Å². The summed E-state index contributed by atoms with van der Waals surface area (Å²) in [6, 6.07) is 4.19. The molecule has 5 heteroatoms. The topological polar surface area (TPSA) is 72.3 Å². The maximum absolute atomic E-state index is 11.6. The van der Waals surface area contributed by atoms with Gasteiger partial charge in [-0.05, 0) is 38.4 Å². The Morgan fingerprint density at radius 3 is 2.89 bits per heavy atom. The third kappa shape index (κ3) is 2.74. The highest BCUT2D eigenvalue weighted by atomic mass is 32.1. The molecule has 18 heavy (non-hydrogen) atoms. The van der Waals surface area contributed by atoms with E-state index in [4.69, 9.17) is 11.5 Å². The van der Waals surface area contributed by atoms with Gasteiger partial charge in [0.15, 0.2) is 0 Å². The van der Waals surface area contributed by atoms with Crippen LogP contribution < -0.4 is 11.5 Å². The van der Waals surface area contributed by atoms with Crippen LogP contribution in [0.5, 0.6) is 0 Å². The molecule has 1 saturated heterocycles. The predicted molar refractivity (Wildman–Crippen MR) is 74.4 cm³/mol. The van der Waals surface area contributed by atoms with Gasteiger partial charge < -0.3 is 11.5 Å². The maximum atomic E-state index is 11.6. The number of piperidine rings is 1. The van der Waals surface area contributed by atoms with Crippen molar-refractivity contribution in [3.05, 3.63) is 21.9 Å². The average Bonchev–Trinajstić information content (AvgIpc) is 2.77. The van der Waals surface area contributed by atoms with Crippen LogP contribution in [0.3, 0.4) is 0 Å². The molecular weight excluding hydrogens is 246 g/mol. The molecule has 100 valence electrons. The molecule has 4 N–H and O–H groups in total. The quantitative estimate of drug-likeness (QED) is 0.866. The van der Waals surface area contributed by atoms with Crippen LogP contribution >= 0.6 is 11.3 Å². The van der Waals surface area contributed by atoms with E-state index in [-0.39, 0.29) is 18.0 Å². The van der Waals surface area contributed by atoms with Gasteiger partial charge in [-0.3, -0.25) is 9.69 Å². The number of likely N-dealkylation sites (tertiary alicyclic amines) is 1. The fraction of sp³-hybridized carbons (Fsp3) is 0.615. The molecule has 0 aromatic carbocycles. The first kappa shape index (κ1) is 13.5. The van der Waals surface area contributed by atoms with E-state index in [0.717, 1.165) is 25.8 Å². The molecule has 0 saturated carbocycles. The molecule has 1 aliphatic rings. The van der Waals surface area contributed by atoms with Crippen molar-refractivity contribution in [3.63, 3.8) is 0 Å². The van der Waals surface area contributed by atoms with Crippen LogP contribution in [-0.2, 0) is 4.79 Å². The van der Waals surface area contributed by atoms with Gasteiger partial charge in [0.2, 0.25) is 5.91 Å². The summed E-state index contributed by atoms with van der Waals surface area (Å²) in [5, 5.41) is 0. The number of rotatable bonds is 4. The summed E-state index contributed by atoms with van der Waals surface area (Å²) in [5.74, 6) is -0.221. The van der Waals surface area contributed by atoms with Crippen molar-refractivity contribution in [2.45, 2.75) is 38.3 Å². The molecule has 0 spiro atoms. The molecular formula is C13H21N3OS. The number of thiophene rings is 1. The minimum Gasteiger partial charge on any atom is -0.368 e. The second-order valence-electron chi connectivity index (χ2n) is 4.85. The zero-order valence-electron chi connectivity index (χ0n) is 10.8. The van der Waals surface area contributed by atoms with Gasteiger partial charge in [0, 0.05) is 16.3 Å². The predicted octanol–water partition coefficient (Wildman–Crippen LogP) is 1.40. The summed E-state index contributed by atoms with van der Waals surface area (Å²) in [5.41, 5.74) is 11.4. The van der Waals surface area contributed by atoms with Gasteiger partial charge in [-0.1, -0.05) is 6.42 Å². The number of carbonyl (C=O) groups excluding carboxylic acids is 1. The van der Waals surface area contributed by atoms with Crippen LogP contribution in [0.25, 0.3) is 0 Å². The summed E-state index contributed by atoms with van der Waals surface area (Å²) in [6.07, 6.45) is 3.05. The van der Waals surface area contributed by atoms with E-state index >= 15 is 0 Å². The summed E-state index contributed by atoms with van der Waals surface area (Å²) in [7, 11) is 0. The second kappa shape index (κ2) is 5.82. The Hall–Kier alpha value is -0.910. The molecule has 2 heterocycles. The Morgan fingerprint density at radius 2 is 2.33 bits per heavy atom. The number of nitrogens with two attached hydrogens (primary N) is 2. The number of aryl methyl sites for hydroxylation is 1. The molecule has 0 aliphatic carbocycles. The summed E-state index contributed by atoms with van der Waals surface area (Å²) in [4.78, 5) is 16.3. The van der Waals surface area contributed by atoms with E-state index < -0.39 is 0 Å². The SMILES string of the molecule is Cc1ccc(C(CN)N2CCCCC2C(N)=O)s1. The van der Waals surface area contributed by atoms with Crippen LogP contribution in [0, 0.1) is 6.92 Å². The summed E-state index contributed by atoms with van der Waals surface area (Å²) < 4.78 is 0. The largest absolute Gasteiger partial charge is 0.368 e. The van der Waals surface area contributed by atoms with E-state index in [2.05, 4.69) is 24.0 Å². The fourth-order valence-electron chi connectivity index (χ4n) is 2.68. The van der Waals surface area contributed by atoms with Crippen LogP contribution in [0.2, 0.25) is 0 Å². The Balaban J connectivity index is 2.22. The van der Waals surface area contributed by atoms with Crippen molar-refractivity contribution in [3.8, 4) is 0 Å². The first-order valence-corrected chi connectivity index (χ1v) is 7.26. The van der Waals surface area contributed by atoms with Crippen molar-refractivity contribution in [2.75, 3.05) is 13.1 Å². The standard InChI is InChI=1S/C13H21N3OS/c1-9-5-6-12(18-9)11(8-14)16-7-3-2-4-10(16)13(15)17/h5-6,10-11H,2-4,7-8,14H2,1H3,(H2,15,17). The smallest absolute Gasteiger partial charge is 0.234 e. The lowest BCUT2D eigenvalue weighted by Gasteiger charge is -2.38. The van der Waals surface area contributed by atoms with Gasteiger partial charge in [-0.15, -0.1) is 11.3 Å². The molecule has 0 radical (unpaired) electrons. The number of nitrogens with zero attached hydrogens (tertiary/aromatic N) is 1. The highest BCUT2D eigenvalue weighted by molar-refractivity contribution is 7.12. The highest BCUT2D eigenvalue weighted by Gasteiger charge is 2.32. The molecule has 2 rings (SSSR count). The zero-order valence-corrected chi connectivity index (χ0v) is 11.6. The van der Waals surface area contributed by atoms with Crippen molar-refractivity contribution in [1.82, 2.24) is 4.90 Å². The molecule has 1 fully saturated rings. The van der Waals surface area contributed by atoms with Crippen molar-refractivity contribution < 1.29 is 4.79 Å². The van der Waals surface area contributed by atoms with Crippen LogP contribution in [0.4, 0.5) is 0 Å². The minimum absolute atomic E-state index is 0.126. The lowest BCUT2D eigenvalue weighted by molar-refractivity contribution is -0.125. The van der Waals surface area contributed by atoms with Gasteiger partial charge in [0.25, 0.3) is 0 Å². The number of amides is 1. The first-order chi connectivity index (χ1) is 8.63. The maximum Gasteiger partial charge on any atom is 0.234 e. The Morgan fingerprint density at radius 1 is 1.56 bits per heavy atom. The van der Waals surface area contributed by atoms with Gasteiger partial charge >= 0.3 is 0 Å². The third-order valence-electron chi connectivity index (χ3n) is 3.59. The van der Waals surface area contributed by atoms with E-state index in [1.165, 1.54) is 9.75 Å². The van der Waals surface area contributed by atoms with Crippen molar-refractivity contribution in [1.29, 1.82) is 0 Å². The van der Waals surface area contributed by atoms with Crippen LogP contribution in [0.1, 0.15) is 35.1 Å². The number of hydrogen-bond acceptors (Lipinski definition) is 4. The second-order valence-corrected chi connectivity index (χ2v) is 6.17. The monoisotopic (exact) mass is 267 g/mol. The van der Waals surface area contributed by atoms with Crippen LogP contribution in [-0.4, -0.2) is 29.9 Å². The molecule has 1 aromatic heterocycles. The lowest BCUT2D eigenvalue weighted by atomic mass is 9.98. The third-order valence-corrected chi connectivity index (χ3v) is 4.69. The van der Waals surface area contributed by atoms with Gasteiger partial charge in [-0.25, -0.2) is 0 Å². The number of hydrogen-bond donors (Lipinski definition) is 2. The fourth-order valence-corrected chi connectivity index (χ4v) is 3.69. The zero-order chi connectivity index (χ0) is 13.1. The molecule has 1 aliphatic heterocycles. The minimum atomic E-state index is -0.221. The normalized spacial score (nSPS) is 22.9. The number of primary amides is 1. The molecule has 1 aromatic rings. The average molecular weight is 267 g/mol. The molecule has 4 nitrogen and oxygen atoms in total. The molecule has 2 unspecified atom stereocenters. The highest BCUT2D eigenvalue weighted by Crippen LogP contribution is 2.31.